The monoisotopic (exact) mass is 250 g/mol. The van der Waals surface area contributed by atoms with E-state index >= 15 is 0 Å². The van der Waals surface area contributed by atoms with Crippen LogP contribution in [0.5, 0.6) is 0 Å². The second kappa shape index (κ2) is 5.50. The largest absolute Gasteiger partial charge is 0.309 e. The van der Waals surface area contributed by atoms with Gasteiger partial charge in [0.15, 0.2) is 0 Å². The van der Waals surface area contributed by atoms with Crippen molar-refractivity contribution >= 4 is 0 Å². The molecule has 0 bridgehead atoms. The maximum absolute atomic E-state index is 3.88. The fourth-order valence-corrected chi connectivity index (χ4v) is 4.67. The van der Waals surface area contributed by atoms with Crippen molar-refractivity contribution in [3.8, 4) is 0 Å². The second-order valence-electron chi connectivity index (χ2n) is 7.07. The Morgan fingerprint density at radius 2 is 1.78 bits per heavy atom. The summed E-state index contributed by atoms with van der Waals surface area (Å²) in [6, 6.07) is 0.889. The van der Waals surface area contributed by atoms with E-state index in [1.165, 1.54) is 77.4 Å². The van der Waals surface area contributed by atoms with Gasteiger partial charge in [-0.25, -0.2) is 0 Å². The van der Waals surface area contributed by atoms with Gasteiger partial charge in [0, 0.05) is 31.2 Å². The number of piperazine rings is 1. The van der Waals surface area contributed by atoms with Crippen molar-refractivity contribution in [1.29, 1.82) is 0 Å². The molecule has 1 aliphatic heterocycles. The van der Waals surface area contributed by atoms with Crippen molar-refractivity contribution in [1.82, 2.24) is 10.2 Å². The fourth-order valence-electron chi connectivity index (χ4n) is 4.67. The van der Waals surface area contributed by atoms with Gasteiger partial charge in [-0.3, -0.25) is 4.90 Å². The minimum atomic E-state index is 0.494. The van der Waals surface area contributed by atoms with E-state index in [9.17, 15) is 0 Å². The Balaban J connectivity index is 1.65. The average Bonchev–Trinajstić information content (AvgIpc) is 2.40. The standard InChI is InChI=1S/C16H30N2/c1-14-7-3-4-8-15(14)18-12-11-17-16(13-18)9-5-2-6-10-16/h14-15,17H,2-13H2,1H3. The minimum absolute atomic E-state index is 0.494. The highest BCUT2D eigenvalue weighted by atomic mass is 15.2. The van der Waals surface area contributed by atoms with Crippen molar-refractivity contribution < 1.29 is 0 Å². The lowest BCUT2D eigenvalue weighted by molar-refractivity contribution is 0.0336. The van der Waals surface area contributed by atoms with E-state index in [2.05, 4.69) is 17.1 Å². The van der Waals surface area contributed by atoms with E-state index in [4.69, 9.17) is 0 Å². The first-order chi connectivity index (χ1) is 8.79. The normalized spacial score (nSPS) is 37.8. The molecule has 18 heavy (non-hydrogen) atoms. The van der Waals surface area contributed by atoms with Gasteiger partial charge in [0.25, 0.3) is 0 Å². The Bertz CT molecular complexity index is 265. The number of nitrogens with one attached hydrogen (secondary N) is 1. The molecule has 0 aromatic heterocycles. The summed E-state index contributed by atoms with van der Waals surface area (Å²) in [5.74, 6) is 0.928. The van der Waals surface area contributed by atoms with Crippen LogP contribution in [-0.2, 0) is 0 Å². The van der Waals surface area contributed by atoms with Crippen LogP contribution < -0.4 is 5.32 Å². The van der Waals surface area contributed by atoms with E-state index in [1.807, 2.05) is 0 Å². The molecule has 3 rings (SSSR count). The van der Waals surface area contributed by atoms with Crippen molar-refractivity contribution in [3.63, 3.8) is 0 Å². The zero-order chi connectivity index (χ0) is 12.4. The third-order valence-electron chi connectivity index (χ3n) is 5.75. The van der Waals surface area contributed by atoms with Gasteiger partial charge in [0.1, 0.15) is 0 Å². The van der Waals surface area contributed by atoms with E-state index in [0.717, 1.165) is 12.0 Å². The maximum Gasteiger partial charge on any atom is 0.0309 e. The predicted molar refractivity (Wildman–Crippen MR) is 76.8 cm³/mol. The Hall–Kier alpha value is -0.0800. The summed E-state index contributed by atoms with van der Waals surface area (Å²) < 4.78 is 0. The van der Waals surface area contributed by atoms with Gasteiger partial charge in [-0.15, -0.1) is 0 Å². The number of nitrogens with zero attached hydrogens (tertiary/aromatic N) is 1. The van der Waals surface area contributed by atoms with Crippen LogP contribution >= 0.6 is 0 Å². The number of hydrogen-bond acceptors (Lipinski definition) is 2. The molecular formula is C16H30N2. The summed E-state index contributed by atoms with van der Waals surface area (Å²) in [4.78, 5) is 2.85. The van der Waals surface area contributed by atoms with Crippen LogP contribution in [0.4, 0.5) is 0 Å². The number of rotatable bonds is 1. The van der Waals surface area contributed by atoms with Gasteiger partial charge in [-0.05, 0) is 31.6 Å². The molecule has 2 unspecified atom stereocenters. The molecule has 2 heteroatoms. The highest BCUT2D eigenvalue weighted by Gasteiger charge is 2.39. The first-order valence-electron chi connectivity index (χ1n) is 8.28. The quantitative estimate of drug-likeness (QED) is 0.769. The molecule has 0 aromatic rings. The van der Waals surface area contributed by atoms with Crippen molar-refractivity contribution in [2.75, 3.05) is 19.6 Å². The molecule has 0 radical (unpaired) electrons. The molecule has 3 aliphatic rings. The number of hydrogen-bond donors (Lipinski definition) is 1. The van der Waals surface area contributed by atoms with Gasteiger partial charge >= 0.3 is 0 Å². The fraction of sp³-hybridized carbons (Fsp3) is 1.00. The minimum Gasteiger partial charge on any atom is -0.309 e. The lowest BCUT2D eigenvalue weighted by Crippen LogP contribution is -2.63. The summed E-state index contributed by atoms with van der Waals surface area (Å²) in [6.45, 7) is 6.33. The summed E-state index contributed by atoms with van der Waals surface area (Å²) in [6.07, 6.45) is 13.0. The zero-order valence-electron chi connectivity index (χ0n) is 12.1. The lowest BCUT2D eigenvalue weighted by atomic mass is 9.78. The highest BCUT2D eigenvalue weighted by molar-refractivity contribution is 4.99. The van der Waals surface area contributed by atoms with Gasteiger partial charge < -0.3 is 5.32 Å². The van der Waals surface area contributed by atoms with Crippen LogP contribution in [0.2, 0.25) is 0 Å². The van der Waals surface area contributed by atoms with Gasteiger partial charge in [-0.1, -0.05) is 39.0 Å². The van der Waals surface area contributed by atoms with Crippen LogP contribution in [0.15, 0.2) is 0 Å². The average molecular weight is 250 g/mol. The highest BCUT2D eigenvalue weighted by Crippen LogP contribution is 2.34. The summed E-state index contributed by atoms with van der Waals surface area (Å²) in [5.41, 5.74) is 0.494. The van der Waals surface area contributed by atoms with E-state index in [0.29, 0.717) is 5.54 Å². The molecule has 1 spiro atoms. The summed E-state index contributed by atoms with van der Waals surface area (Å²) in [7, 11) is 0. The van der Waals surface area contributed by atoms with Gasteiger partial charge in [0.05, 0.1) is 0 Å². The molecule has 2 aliphatic carbocycles. The molecule has 2 nitrogen and oxygen atoms in total. The van der Waals surface area contributed by atoms with Crippen LogP contribution in [-0.4, -0.2) is 36.1 Å². The van der Waals surface area contributed by atoms with Crippen LogP contribution in [0.25, 0.3) is 0 Å². The lowest BCUT2D eigenvalue weighted by Gasteiger charge is -2.50. The first kappa shape index (κ1) is 12.9. The summed E-state index contributed by atoms with van der Waals surface area (Å²) >= 11 is 0. The van der Waals surface area contributed by atoms with Crippen LogP contribution in [0, 0.1) is 5.92 Å². The third kappa shape index (κ3) is 2.60. The molecule has 2 atom stereocenters. The molecule has 1 saturated heterocycles. The first-order valence-corrected chi connectivity index (χ1v) is 8.28. The molecule has 2 saturated carbocycles. The molecule has 0 amide bonds. The van der Waals surface area contributed by atoms with Crippen molar-refractivity contribution in [2.24, 2.45) is 5.92 Å². The zero-order valence-corrected chi connectivity index (χ0v) is 12.1. The summed E-state index contributed by atoms with van der Waals surface area (Å²) in [5, 5.41) is 3.88. The van der Waals surface area contributed by atoms with Crippen LogP contribution in [0.3, 0.4) is 0 Å². The second-order valence-corrected chi connectivity index (χ2v) is 7.07. The van der Waals surface area contributed by atoms with Crippen molar-refractivity contribution in [2.45, 2.75) is 76.3 Å². The van der Waals surface area contributed by atoms with Crippen molar-refractivity contribution in [3.05, 3.63) is 0 Å². The molecule has 3 fully saturated rings. The molecule has 1 N–H and O–H groups in total. The molecule has 104 valence electrons. The molecule has 0 aromatic carbocycles. The predicted octanol–water partition coefficient (Wildman–Crippen LogP) is 3.17. The Morgan fingerprint density at radius 3 is 2.56 bits per heavy atom. The Morgan fingerprint density at radius 1 is 1.00 bits per heavy atom. The van der Waals surface area contributed by atoms with Gasteiger partial charge in [-0.2, -0.15) is 0 Å². The topological polar surface area (TPSA) is 15.3 Å². The Labute approximate surface area is 113 Å². The van der Waals surface area contributed by atoms with Crippen LogP contribution in [0.1, 0.15) is 64.7 Å². The Kier molecular flexibility index (Phi) is 3.95. The third-order valence-corrected chi connectivity index (χ3v) is 5.75. The van der Waals surface area contributed by atoms with E-state index in [-0.39, 0.29) is 0 Å². The van der Waals surface area contributed by atoms with E-state index in [1.54, 1.807) is 0 Å². The molecular weight excluding hydrogens is 220 g/mol. The maximum atomic E-state index is 3.88. The SMILES string of the molecule is CC1CCCCC1N1CCNC2(CCCCC2)C1. The van der Waals surface area contributed by atoms with E-state index < -0.39 is 0 Å². The van der Waals surface area contributed by atoms with Gasteiger partial charge in [0.2, 0.25) is 0 Å². The smallest absolute Gasteiger partial charge is 0.0309 e. The molecule has 1 heterocycles.